The highest BCUT2D eigenvalue weighted by atomic mass is 35.5. The lowest BCUT2D eigenvalue weighted by Crippen LogP contribution is -2.22. The van der Waals surface area contributed by atoms with E-state index < -0.39 is 98.8 Å². The Morgan fingerprint density at radius 3 is 1.38 bits per heavy atom. The van der Waals surface area contributed by atoms with Crippen LogP contribution in [-0.2, 0) is 30.4 Å². The molecular formula is C28H11ClN2O13S3. The summed E-state index contributed by atoms with van der Waals surface area (Å²) in [5, 5.41) is -5.14. The molecule has 0 radical (unpaired) electrons. The van der Waals surface area contributed by atoms with E-state index in [-0.39, 0.29) is 38.1 Å². The molecule has 0 aliphatic rings. The molecule has 0 saturated heterocycles. The Kier molecular flexibility index (Phi) is 6.30. The predicted octanol–water partition coefficient (Wildman–Crippen LogP) is 2.11. The van der Waals surface area contributed by atoms with Gasteiger partial charge in [0.2, 0.25) is 0 Å². The minimum atomic E-state index is -6.03. The Morgan fingerprint density at radius 1 is 0.468 bits per heavy atom. The van der Waals surface area contributed by atoms with Crippen molar-refractivity contribution in [3.8, 4) is 0 Å². The van der Waals surface area contributed by atoms with Gasteiger partial charge in [0.15, 0.2) is 21.7 Å². The number of benzene rings is 6. The highest BCUT2D eigenvalue weighted by Crippen LogP contribution is 2.40. The third kappa shape index (κ3) is 4.23. The largest absolute Gasteiger partial charge is 0.297 e. The summed E-state index contributed by atoms with van der Waals surface area (Å²) in [6, 6.07) is 10.9. The highest BCUT2D eigenvalue weighted by Gasteiger charge is 2.40. The maximum absolute atomic E-state index is 14.1. The number of rotatable bonds is 3. The van der Waals surface area contributed by atoms with E-state index in [0.717, 1.165) is 6.07 Å². The molecule has 3 N–H and O–H groups in total. The first-order valence-electron chi connectivity index (χ1n) is 12.7. The van der Waals surface area contributed by atoms with E-state index in [1.54, 1.807) is 12.1 Å². The summed E-state index contributed by atoms with van der Waals surface area (Å²) in [6.45, 7) is 0. The van der Waals surface area contributed by atoms with E-state index in [2.05, 4.69) is 9.97 Å². The molecule has 0 spiro atoms. The normalized spacial score (nSPS) is 13.1. The predicted molar refractivity (Wildman–Crippen MR) is 169 cm³/mol. The summed E-state index contributed by atoms with van der Waals surface area (Å²) < 4.78 is 104. The van der Waals surface area contributed by atoms with E-state index in [1.807, 2.05) is 0 Å². The molecule has 236 valence electrons. The van der Waals surface area contributed by atoms with Gasteiger partial charge in [-0.15, -0.1) is 0 Å². The highest BCUT2D eigenvalue weighted by molar-refractivity contribution is 7.90. The molecule has 7 rings (SSSR count). The number of fused-ring (bicyclic) bond motifs is 8. The zero-order valence-electron chi connectivity index (χ0n) is 22.5. The van der Waals surface area contributed by atoms with Crippen molar-refractivity contribution < 1.29 is 38.9 Å². The van der Waals surface area contributed by atoms with Gasteiger partial charge in [0.1, 0.15) is 25.7 Å². The van der Waals surface area contributed by atoms with Gasteiger partial charge in [-0.05, 0) is 24.3 Å². The van der Waals surface area contributed by atoms with Gasteiger partial charge in [-0.25, -0.2) is 9.97 Å². The summed E-state index contributed by atoms with van der Waals surface area (Å²) in [6.07, 6.45) is 0. The summed E-state index contributed by atoms with van der Waals surface area (Å²) in [4.78, 5) is 57.1. The van der Waals surface area contributed by atoms with Crippen LogP contribution in [0, 0.1) is 0 Å². The molecule has 6 aromatic carbocycles. The molecule has 15 nitrogen and oxygen atoms in total. The van der Waals surface area contributed by atoms with Crippen molar-refractivity contribution in [3.63, 3.8) is 0 Å². The van der Waals surface area contributed by atoms with Gasteiger partial charge < -0.3 is 0 Å². The lowest BCUT2D eigenvalue weighted by Gasteiger charge is -2.15. The van der Waals surface area contributed by atoms with Crippen molar-refractivity contribution in [2.75, 3.05) is 0 Å². The second-order valence-corrected chi connectivity index (χ2v) is 14.7. The first-order chi connectivity index (χ1) is 21.8. The van der Waals surface area contributed by atoms with E-state index in [1.165, 1.54) is 30.3 Å². The van der Waals surface area contributed by atoms with E-state index in [0.29, 0.717) is 0 Å². The van der Waals surface area contributed by atoms with Gasteiger partial charge in [-0.2, -0.15) is 25.3 Å². The molecule has 1 aromatic heterocycles. The molecule has 0 atom stereocenters. The Hall–Kier alpha value is -4.82. The van der Waals surface area contributed by atoms with Gasteiger partial charge in [0.05, 0.1) is 37.6 Å². The molecule has 1 heterocycles. The van der Waals surface area contributed by atoms with Gasteiger partial charge in [0.25, 0.3) is 30.4 Å². The summed E-state index contributed by atoms with van der Waals surface area (Å²) >= 11 is 6.04. The van der Waals surface area contributed by atoms with E-state index in [4.69, 9.17) is 11.6 Å². The first kappa shape index (κ1) is 30.8. The zero-order chi connectivity index (χ0) is 34.1. The van der Waals surface area contributed by atoms with Crippen LogP contribution in [0.15, 0.2) is 82.4 Å². The van der Waals surface area contributed by atoms with Crippen LogP contribution in [-0.4, -0.2) is 48.9 Å². The Bertz CT molecular complexity index is 3250. The first-order valence-corrected chi connectivity index (χ1v) is 17.4. The average Bonchev–Trinajstić information content (AvgIpc) is 2.98. The van der Waals surface area contributed by atoms with Crippen molar-refractivity contribution in [1.82, 2.24) is 9.97 Å². The minimum Gasteiger partial charge on any atom is -0.289 e. The van der Waals surface area contributed by atoms with Crippen molar-refractivity contribution in [2.45, 2.75) is 14.7 Å². The lowest BCUT2D eigenvalue weighted by atomic mass is 9.99. The van der Waals surface area contributed by atoms with Crippen LogP contribution in [0.3, 0.4) is 0 Å². The standard InChI is InChI=1S/C28H11ClN2O13S3/c29-19-17-18(26(45(36,37)38)28(47(42,43)44)27(19)46(39,40)41)25(35)16-12(24(17)34)6-8-14-21(16)31-13-7-5-11-15(20(13)30-14)23(33)10-4-2-1-3-9(10)22(11)32/h1-8H,(H,36,37,38)(H,39,40,41)(H,42,43,44). The van der Waals surface area contributed by atoms with Crippen molar-refractivity contribution in [3.05, 3.63) is 94.4 Å². The second-order valence-electron chi connectivity index (χ2n) is 10.3. The third-order valence-electron chi connectivity index (χ3n) is 7.67. The molecule has 7 aromatic rings. The number of aromatic nitrogens is 2. The smallest absolute Gasteiger partial charge is 0.289 e. The molecule has 0 aliphatic heterocycles. The minimum absolute atomic E-state index is 0.0211. The molecule has 0 unspecified atom stereocenters. The van der Waals surface area contributed by atoms with Crippen LogP contribution in [0.2, 0.25) is 5.02 Å². The van der Waals surface area contributed by atoms with Crippen LogP contribution in [0.5, 0.6) is 0 Å². The molecule has 0 bridgehead atoms. The number of hydrogen-bond donors (Lipinski definition) is 3. The van der Waals surface area contributed by atoms with Crippen molar-refractivity contribution >= 4 is 107 Å². The second kappa shape index (κ2) is 9.61. The molecule has 0 fully saturated rings. The summed E-state index contributed by atoms with van der Waals surface area (Å²) in [5.74, 6) is 0. The number of nitrogens with zero attached hydrogens (tertiary/aromatic N) is 2. The molecule has 19 heteroatoms. The third-order valence-corrected chi connectivity index (χ3v) is 11.2. The van der Waals surface area contributed by atoms with Crippen molar-refractivity contribution in [2.24, 2.45) is 0 Å². The topological polar surface area (TPSA) is 257 Å². The molecule has 0 aliphatic carbocycles. The Morgan fingerprint density at radius 2 is 0.894 bits per heavy atom. The SMILES string of the molecule is O=c1c2ccccc2c(=O)c2c1ccc1nc3c(ccc4c(=O)c5c(Cl)c(S(=O)(=O)O)c(S(=O)(=O)O)c(S(=O)(=O)O)c5c(=O)c43)nc12. The van der Waals surface area contributed by atoms with Crippen LogP contribution < -0.4 is 21.7 Å². The van der Waals surface area contributed by atoms with Crippen molar-refractivity contribution in [1.29, 1.82) is 0 Å². The van der Waals surface area contributed by atoms with Crippen LogP contribution >= 0.6 is 11.6 Å². The quantitative estimate of drug-likeness (QED) is 0.134. The lowest BCUT2D eigenvalue weighted by molar-refractivity contribution is 0.457. The van der Waals surface area contributed by atoms with Gasteiger partial charge in [-0.1, -0.05) is 35.9 Å². The van der Waals surface area contributed by atoms with Crippen LogP contribution in [0.1, 0.15) is 0 Å². The van der Waals surface area contributed by atoms with Gasteiger partial charge in [-0.3, -0.25) is 32.8 Å². The van der Waals surface area contributed by atoms with Gasteiger partial charge >= 0.3 is 0 Å². The van der Waals surface area contributed by atoms with E-state index in [9.17, 15) is 58.1 Å². The maximum Gasteiger partial charge on any atom is 0.297 e. The molecule has 0 saturated carbocycles. The Balaban J connectivity index is 1.77. The summed E-state index contributed by atoms with van der Waals surface area (Å²) in [7, 11) is -17.9. The van der Waals surface area contributed by atoms with Crippen LogP contribution in [0.25, 0.3) is 65.2 Å². The fraction of sp³-hybridized carbons (Fsp3) is 0. The maximum atomic E-state index is 14.1. The average molecular weight is 715 g/mol. The fourth-order valence-electron chi connectivity index (χ4n) is 5.86. The van der Waals surface area contributed by atoms with E-state index >= 15 is 0 Å². The molecular weight excluding hydrogens is 704 g/mol. The molecule has 47 heavy (non-hydrogen) atoms. The number of halogens is 1. The zero-order valence-corrected chi connectivity index (χ0v) is 25.7. The summed E-state index contributed by atoms with van der Waals surface area (Å²) in [5.41, 5.74) is -4.58. The van der Waals surface area contributed by atoms with Gasteiger partial charge in [0, 0.05) is 21.5 Å². The van der Waals surface area contributed by atoms with Crippen LogP contribution in [0.4, 0.5) is 0 Å². The monoisotopic (exact) mass is 714 g/mol. The fourth-order valence-corrected chi connectivity index (χ4v) is 9.94. The Labute approximate surface area is 264 Å². The molecule has 0 amide bonds. The number of hydrogen-bond acceptors (Lipinski definition) is 12.